The highest BCUT2D eigenvalue weighted by molar-refractivity contribution is 7.80. The van der Waals surface area contributed by atoms with Crippen LogP contribution in [0.4, 0.5) is 5.82 Å². The van der Waals surface area contributed by atoms with E-state index in [1.165, 1.54) is 0 Å². The molecule has 0 aliphatic heterocycles. The van der Waals surface area contributed by atoms with E-state index in [1.54, 1.807) is 12.3 Å². The molecule has 0 atom stereocenters. The van der Waals surface area contributed by atoms with E-state index in [4.69, 9.17) is 18.0 Å². The van der Waals surface area contributed by atoms with Crippen molar-refractivity contribution in [2.75, 3.05) is 5.73 Å². The second-order valence-corrected chi connectivity index (χ2v) is 2.74. The van der Waals surface area contributed by atoms with Crippen molar-refractivity contribution in [1.29, 1.82) is 0 Å². The van der Waals surface area contributed by atoms with Crippen LogP contribution < -0.4 is 5.73 Å². The first kappa shape index (κ1) is 8.14. The minimum Gasteiger partial charge on any atom is -0.384 e. The van der Waals surface area contributed by atoms with E-state index < -0.39 is 0 Å². The molecule has 0 amide bonds. The van der Waals surface area contributed by atoms with Crippen molar-refractivity contribution in [3.8, 4) is 0 Å². The number of nitrogens with two attached hydrogens (primary N) is 1. The molecule has 2 N–H and O–H groups in total. The van der Waals surface area contributed by atoms with Gasteiger partial charge >= 0.3 is 0 Å². The van der Waals surface area contributed by atoms with E-state index in [0.717, 1.165) is 16.8 Å². The predicted octanol–water partition coefficient (Wildman–Crippen LogP) is 1.79. The first-order chi connectivity index (χ1) is 5.24. The van der Waals surface area contributed by atoms with Crippen LogP contribution in [0.5, 0.6) is 0 Å². The van der Waals surface area contributed by atoms with Crippen molar-refractivity contribution in [1.82, 2.24) is 4.98 Å². The minimum absolute atomic E-state index is 0.526. The normalized spacial score (nSPS) is 9.55. The molecule has 1 rings (SSSR count). The Hall–Kier alpha value is -0.960. The minimum atomic E-state index is 0.526. The monoisotopic (exact) mass is 166 g/mol. The summed E-state index contributed by atoms with van der Waals surface area (Å²) in [5.74, 6) is 0.526. The van der Waals surface area contributed by atoms with Crippen LogP contribution in [0.2, 0.25) is 0 Å². The van der Waals surface area contributed by atoms with Crippen LogP contribution in [0, 0.1) is 0 Å². The van der Waals surface area contributed by atoms with Gasteiger partial charge in [0.15, 0.2) is 0 Å². The number of rotatable bonds is 2. The predicted molar refractivity (Wildman–Crippen MR) is 50.6 cm³/mol. The lowest BCUT2D eigenvalue weighted by molar-refractivity contribution is 1.29. The zero-order chi connectivity index (χ0) is 8.27. The molecule has 1 heterocycles. The van der Waals surface area contributed by atoms with Gasteiger partial charge in [-0.1, -0.05) is 19.1 Å². The Bertz CT molecular complexity index is 271. The summed E-state index contributed by atoms with van der Waals surface area (Å²) in [6.07, 6.45) is 2.55. The molecule has 2 nitrogen and oxygen atoms in total. The lowest BCUT2D eigenvalue weighted by atomic mass is 10.1. The van der Waals surface area contributed by atoms with Crippen molar-refractivity contribution < 1.29 is 0 Å². The Kier molecular flexibility index (Phi) is 2.54. The fourth-order valence-corrected chi connectivity index (χ4v) is 0.953. The average Bonchev–Trinajstić information content (AvgIpc) is 2.03. The van der Waals surface area contributed by atoms with E-state index in [0.29, 0.717) is 5.82 Å². The molecule has 0 spiro atoms. The summed E-state index contributed by atoms with van der Waals surface area (Å²) >= 11 is 5.10. The first-order valence-electron chi connectivity index (χ1n) is 3.48. The highest BCUT2D eigenvalue weighted by Gasteiger charge is 1.97. The summed E-state index contributed by atoms with van der Waals surface area (Å²) in [5, 5.41) is 0. The standard InChI is InChI=1S/C8H10N2S/c1-2-7(11)6-3-4-10-8(9)5-6/h3-5H,2H2,1H3,(H2,9,10). The van der Waals surface area contributed by atoms with E-state index in [2.05, 4.69) is 4.98 Å². The number of anilines is 1. The molecule has 11 heavy (non-hydrogen) atoms. The van der Waals surface area contributed by atoms with Gasteiger partial charge in [0.1, 0.15) is 5.82 Å². The molecule has 0 bridgehead atoms. The molecule has 0 radical (unpaired) electrons. The van der Waals surface area contributed by atoms with Gasteiger partial charge in [0.05, 0.1) is 0 Å². The van der Waals surface area contributed by atoms with Gasteiger partial charge in [0, 0.05) is 11.1 Å². The maximum atomic E-state index is 5.48. The highest BCUT2D eigenvalue weighted by atomic mass is 32.1. The maximum Gasteiger partial charge on any atom is 0.123 e. The average molecular weight is 166 g/mol. The Morgan fingerprint density at radius 2 is 2.45 bits per heavy atom. The van der Waals surface area contributed by atoms with Crippen LogP contribution >= 0.6 is 12.2 Å². The van der Waals surface area contributed by atoms with Crippen LogP contribution in [0.25, 0.3) is 0 Å². The number of hydrogen-bond donors (Lipinski definition) is 1. The SMILES string of the molecule is CCC(=S)c1ccnc(N)c1. The fraction of sp³-hybridized carbons (Fsp3) is 0.250. The lowest BCUT2D eigenvalue weighted by Crippen LogP contribution is -1.97. The van der Waals surface area contributed by atoms with Gasteiger partial charge in [-0.25, -0.2) is 4.98 Å². The van der Waals surface area contributed by atoms with E-state index >= 15 is 0 Å². The molecule has 0 aromatic carbocycles. The van der Waals surface area contributed by atoms with E-state index in [9.17, 15) is 0 Å². The Labute approximate surface area is 71.4 Å². The van der Waals surface area contributed by atoms with Crippen LogP contribution in [0.3, 0.4) is 0 Å². The number of aromatic nitrogens is 1. The van der Waals surface area contributed by atoms with Crippen molar-refractivity contribution in [3.63, 3.8) is 0 Å². The van der Waals surface area contributed by atoms with E-state index in [1.807, 2.05) is 13.0 Å². The molecule has 0 unspecified atom stereocenters. The smallest absolute Gasteiger partial charge is 0.123 e. The van der Waals surface area contributed by atoms with Crippen LogP contribution in [0.15, 0.2) is 18.3 Å². The Balaban J connectivity index is 2.96. The molecule has 0 aliphatic carbocycles. The van der Waals surface area contributed by atoms with Crippen molar-refractivity contribution >= 4 is 22.9 Å². The molecule has 1 aromatic rings. The summed E-state index contributed by atoms with van der Waals surface area (Å²) in [4.78, 5) is 4.80. The summed E-state index contributed by atoms with van der Waals surface area (Å²) in [7, 11) is 0. The number of nitrogens with zero attached hydrogens (tertiary/aromatic N) is 1. The third-order valence-corrected chi connectivity index (χ3v) is 1.95. The third-order valence-electron chi connectivity index (χ3n) is 1.42. The second-order valence-electron chi connectivity index (χ2n) is 2.25. The molecule has 0 saturated carbocycles. The molecule has 0 saturated heterocycles. The van der Waals surface area contributed by atoms with Gasteiger partial charge < -0.3 is 5.73 Å². The van der Waals surface area contributed by atoms with Crippen LogP contribution in [0.1, 0.15) is 18.9 Å². The van der Waals surface area contributed by atoms with Gasteiger partial charge in [-0.3, -0.25) is 0 Å². The molecular weight excluding hydrogens is 156 g/mol. The Morgan fingerprint density at radius 3 is 3.00 bits per heavy atom. The first-order valence-corrected chi connectivity index (χ1v) is 3.89. The Morgan fingerprint density at radius 1 is 1.73 bits per heavy atom. The molecule has 0 aliphatic rings. The fourth-order valence-electron chi connectivity index (χ4n) is 0.826. The van der Waals surface area contributed by atoms with E-state index in [-0.39, 0.29) is 0 Å². The topological polar surface area (TPSA) is 38.9 Å². The number of pyridine rings is 1. The third kappa shape index (κ3) is 1.98. The summed E-state index contributed by atoms with van der Waals surface area (Å²) in [5.41, 5.74) is 6.49. The molecule has 58 valence electrons. The molecule has 0 fully saturated rings. The summed E-state index contributed by atoms with van der Waals surface area (Å²) < 4.78 is 0. The number of thiocarbonyl (C=S) groups is 1. The van der Waals surface area contributed by atoms with Gasteiger partial charge in [-0.05, 0) is 24.1 Å². The number of hydrogen-bond acceptors (Lipinski definition) is 3. The quantitative estimate of drug-likeness (QED) is 0.537. The second kappa shape index (κ2) is 3.44. The van der Waals surface area contributed by atoms with Crippen LogP contribution in [-0.4, -0.2) is 9.85 Å². The largest absolute Gasteiger partial charge is 0.384 e. The number of nitrogen functional groups attached to an aromatic ring is 1. The molecule has 3 heteroatoms. The van der Waals surface area contributed by atoms with Crippen molar-refractivity contribution in [3.05, 3.63) is 23.9 Å². The zero-order valence-corrected chi connectivity index (χ0v) is 7.19. The van der Waals surface area contributed by atoms with Crippen molar-refractivity contribution in [2.45, 2.75) is 13.3 Å². The highest BCUT2D eigenvalue weighted by Crippen LogP contribution is 2.06. The molecule has 1 aromatic heterocycles. The van der Waals surface area contributed by atoms with Crippen molar-refractivity contribution in [2.24, 2.45) is 0 Å². The van der Waals surface area contributed by atoms with Gasteiger partial charge in [-0.15, -0.1) is 0 Å². The van der Waals surface area contributed by atoms with Gasteiger partial charge in [0.25, 0.3) is 0 Å². The van der Waals surface area contributed by atoms with Crippen LogP contribution in [-0.2, 0) is 0 Å². The zero-order valence-electron chi connectivity index (χ0n) is 6.37. The van der Waals surface area contributed by atoms with Gasteiger partial charge in [0.2, 0.25) is 0 Å². The molecular formula is C8H10N2S. The lowest BCUT2D eigenvalue weighted by Gasteiger charge is -1.99. The summed E-state index contributed by atoms with van der Waals surface area (Å²) in [6, 6.07) is 3.67. The van der Waals surface area contributed by atoms with Gasteiger partial charge in [-0.2, -0.15) is 0 Å². The summed E-state index contributed by atoms with van der Waals surface area (Å²) in [6.45, 7) is 2.03. The maximum absolute atomic E-state index is 5.48.